The first-order valence-corrected chi connectivity index (χ1v) is 9.84. The molecule has 1 aromatic heterocycles. The Labute approximate surface area is 169 Å². The van der Waals surface area contributed by atoms with Crippen molar-refractivity contribution in [3.8, 4) is 11.5 Å². The van der Waals surface area contributed by atoms with Gasteiger partial charge in [-0.05, 0) is 41.8 Å². The topological polar surface area (TPSA) is 51.7 Å². The number of amides is 1. The number of methoxy groups -OCH3 is 1. The molecule has 0 radical (unpaired) electrons. The highest BCUT2D eigenvalue weighted by Crippen LogP contribution is 2.41. The molecule has 0 spiro atoms. The minimum Gasteiger partial charge on any atom is -0.493 e. The van der Waals surface area contributed by atoms with Crippen LogP contribution in [0.5, 0.6) is 11.5 Å². The van der Waals surface area contributed by atoms with Crippen LogP contribution in [0.3, 0.4) is 0 Å². The van der Waals surface area contributed by atoms with Crippen LogP contribution in [0, 0.1) is 0 Å². The van der Waals surface area contributed by atoms with Crippen molar-refractivity contribution < 1.29 is 14.3 Å². The van der Waals surface area contributed by atoms with Crippen LogP contribution >= 0.6 is 0 Å². The molecule has 3 aromatic rings. The highest BCUT2D eigenvalue weighted by molar-refractivity contribution is 6.10. The molecule has 1 aliphatic carbocycles. The highest BCUT2D eigenvalue weighted by atomic mass is 16.5. The Morgan fingerprint density at radius 2 is 1.79 bits per heavy atom. The van der Waals surface area contributed by atoms with E-state index in [1.165, 1.54) is 11.1 Å². The van der Waals surface area contributed by atoms with Gasteiger partial charge in [-0.2, -0.15) is 0 Å². The van der Waals surface area contributed by atoms with Gasteiger partial charge in [0.05, 0.1) is 18.7 Å². The lowest BCUT2D eigenvalue weighted by atomic mass is 10.1. The number of anilines is 1. The second-order valence-electron chi connectivity index (χ2n) is 7.57. The normalized spacial score (nSPS) is 17.9. The van der Waals surface area contributed by atoms with Crippen molar-refractivity contribution in [2.45, 2.75) is 31.9 Å². The summed E-state index contributed by atoms with van der Waals surface area (Å²) in [7, 11) is 1.64. The molecule has 146 valence electrons. The minimum atomic E-state index is -0.0579. The summed E-state index contributed by atoms with van der Waals surface area (Å²) in [6.07, 6.45) is 5.18. The van der Waals surface area contributed by atoms with E-state index in [-0.39, 0.29) is 18.1 Å². The Balaban J connectivity index is 1.44. The molecule has 0 saturated heterocycles. The molecule has 0 saturated carbocycles. The number of hydrogen-bond acceptors (Lipinski definition) is 4. The van der Waals surface area contributed by atoms with Gasteiger partial charge < -0.3 is 14.4 Å². The summed E-state index contributed by atoms with van der Waals surface area (Å²) in [4.78, 5) is 18.9. The molecule has 1 aliphatic heterocycles. The van der Waals surface area contributed by atoms with Crippen LogP contribution in [-0.2, 0) is 12.8 Å². The number of fused-ring (bicyclic) bond motifs is 2. The van der Waals surface area contributed by atoms with E-state index in [1.807, 2.05) is 31.2 Å². The van der Waals surface area contributed by atoms with Gasteiger partial charge in [-0.15, -0.1) is 0 Å². The van der Waals surface area contributed by atoms with E-state index in [2.05, 4.69) is 29.2 Å². The summed E-state index contributed by atoms with van der Waals surface area (Å²) < 4.78 is 11.9. The Hall–Kier alpha value is -3.34. The first kappa shape index (κ1) is 17.7. The minimum absolute atomic E-state index is 0.0370. The molecule has 2 aliphatic rings. The van der Waals surface area contributed by atoms with Gasteiger partial charge in [-0.25, -0.2) is 0 Å². The summed E-state index contributed by atoms with van der Waals surface area (Å²) in [5, 5.41) is 0. The first-order valence-electron chi connectivity index (χ1n) is 9.84. The summed E-state index contributed by atoms with van der Waals surface area (Å²) >= 11 is 0. The largest absolute Gasteiger partial charge is 0.493 e. The molecule has 1 unspecified atom stereocenters. The van der Waals surface area contributed by atoms with E-state index in [0.29, 0.717) is 17.1 Å². The van der Waals surface area contributed by atoms with Gasteiger partial charge in [0.25, 0.3) is 5.91 Å². The molecular weight excluding hydrogens is 364 g/mol. The summed E-state index contributed by atoms with van der Waals surface area (Å²) in [5.41, 5.74) is 5.11. The standard InChI is InChI=1S/C24H22N2O3/c1-15-20-9-10-25-14-21(20)24(27)26(15)18-7-8-22(28-2)23(13-18)29-19-11-16-5-3-4-6-17(16)12-19/h3-10,13-15,19H,11-12H2,1-2H3. The SMILES string of the molecule is COc1ccc(N2C(=O)c3cnccc3C2C)cc1OC1Cc2ccccc2C1. The van der Waals surface area contributed by atoms with Crippen LogP contribution in [0.2, 0.25) is 0 Å². The highest BCUT2D eigenvalue weighted by Gasteiger charge is 2.35. The monoisotopic (exact) mass is 386 g/mol. The summed E-state index contributed by atoms with van der Waals surface area (Å²) in [6.45, 7) is 2.03. The van der Waals surface area contributed by atoms with Gasteiger partial charge in [0, 0.05) is 37.0 Å². The number of carbonyl (C=O) groups is 1. The molecule has 2 aromatic carbocycles. The average Bonchev–Trinajstić information content (AvgIpc) is 3.26. The van der Waals surface area contributed by atoms with E-state index in [0.717, 1.165) is 24.1 Å². The Morgan fingerprint density at radius 3 is 2.48 bits per heavy atom. The molecule has 1 amide bonds. The van der Waals surface area contributed by atoms with Gasteiger partial charge >= 0.3 is 0 Å². The van der Waals surface area contributed by atoms with Crippen molar-refractivity contribution in [3.05, 3.63) is 83.2 Å². The number of nitrogens with zero attached hydrogens (tertiary/aromatic N) is 2. The van der Waals surface area contributed by atoms with E-state index in [9.17, 15) is 4.79 Å². The van der Waals surface area contributed by atoms with E-state index < -0.39 is 0 Å². The Bertz CT molecular complexity index is 1070. The molecule has 0 bridgehead atoms. The van der Waals surface area contributed by atoms with Crippen molar-refractivity contribution >= 4 is 11.6 Å². The zero-order valence-corrected chi connectivity index (χ0v) is 16.5. The Kier molecular flexibility index (Phi) is 4.23. The lowest BCUT2D eigenvalue weighted by Crippen LogP contribution is -2.26. The van der Waals surface area contributed by atoms with Crippen molar-refractivity contribution in [1.29, 1.82) is 0 Å². The van der Waals surface area contributed by atoms with E-state index >= 15 is 0 Å². The molecule has 0 N–H and O–H groups in total. The number of pyridine rings is 1. The lowest BCUT2D eigenvalue weighted by molar-refractivity contribution is 0.0992. The fraction of sp³-hybridized carbons (Fsp3) is 0.250. The number of benzene rings is 2. The second kappa shape index (κ2) is 6.92. The third kappa shape index (κ3) is 2.94. The van der Waals surface area contributed by atoms with Crippen molar-refractivity contribution in [1.82, 2.24) is 4.98 Å². The maximum atomic E-state index is 13.0. The van der Waals surface area contributed by atoms with Crippen molar-refractivity contribution in [2.75, 3.05) is 12.0 Å². The number of rotatable bonds is 4. The molecule has 5 heteroatoms. The predicted molar refractivity (Wildman–Crippen MR) is 111 cm³/mol. The molecule has 1 atom stereocenters. The third-order valence-electron chi connectivity index (χ3n) is 5.87. The zero-order valence-electron chi connectivity index (χ0n) is 16.5. The first-order chi connectivity index (χ1) is 14.2. The predicted octanol–water partition coefficient (Wildman–Crippen LogP) is 4.36. The van der Waals surface area contributed by atoms with Crippen LogP contribution in [-0.4, -0.2) is 24.1 Å². The van der Waals surface area contributed by atoms with E-state index in [1.54, 1.807) is 24.4 Å². The zero-order chi connectivity index (χ0) is 20.0. The number of aromatic nitrogens is 1. The smallest absolute Gasteiger partial charge is 0.260 e. The molecule has 5 rings (SSSR count). The number of carbonyl (C=O) groups excluding carboxylic acids is 1. The van der Waals surface area contributed by atoms with Crippen LogP contribution in [0.15, 0.2) is 60.9 Å². The van der Waals surface area contributed by atoms with Crippen molar-refractivity contribution in [3.63, 3.8) is 0 Å². The second-order valence-corrected chi connectivity index (χ2v) is 7.57. The van der Waals surface area contributed by atoms with Gasteiger partial charge in [0.1, 0.15) is 6.10 Å². The third-order valence-corrected chi connectivity index (χ3v) is 5.87. The molecule has 0 fully saturated rings. The fourth-order valence-electron chi connectivity index (χ4n) is 4.42. The Morgan fingerprint density at radius 1 is 1.03 bits per heavy atom. The lowest BCUT2D eigenvalue weighted by Gasteiger charge is -2.24. The molecular formula is C24H22N2O3. The van der Waals surface area contributed by atoms with Crippen molar-refractivity contribution in [2.24, 2.45) is 0 Å². The van der Waals surface area contributed by atoms with Crippen LogP contribution in [0.4, 0.5) is 5.69 Å². The van der Waals surface area contributed by atoms with Gasteiger partial charge in [0.15, 0.2) is 11.5 Å². The average molecular weight is 386 g/mol. The molecule has 2 heterocycles. The van der Waals surface area contributed by atoms with Gasteiger partial charge in [-0.1, -0.05) is 24.3 Å². The van der Waals surface area contributed by atoms with Gasteiger partial charge in [-0.3, -0.25) is 9.78 Å². The quantitative estimate of drug-likeness (QED) is 0.669. The number of ether oxygens (including phenoxy) is 2. The van der Waals surface area contributed by atoms with Gasteiger partial charge in [0.2, 0.25) is 0 Å². The van der Waals surface area contributed by atoms with Crippen LogP contribution < -0.4 is 14.4 Å². The fourth-order valence-corrected chi connectivity index (χ4v) is 4.42. The maximum absolute atomic E-state index is 13.0. The number of hydrogen-bond donors (Lipinski definition) is 0. The molecule has 29 heavy (non-hydrogen) atoms. The molecule has 5 nitrogen and oxygen atoms in total. The maximum Gasteiger partial charge on any atom is 0.260 e. The van der Waals surface area contributed by atoms with Crippen LogP contribution in [0.25, 0.3) is 0 Å². The summed E-state index contributed by atoms with van der Waals surface area (Å²) in [5.74, 6) is 1.30. The van der Waals surface area contributed by atoms with Crippen LogP contribution in [0.1, 0.15) is 40.0 Å². The van der Waals surface area contributed by atoms with E-state index in [4.69, 9.17) is 9.47 Å². The summed E-state index contributed by atoms with van der Waals surface area (Å²) in [6, 6.07) is 16.0.